The van der Waals surface area contributed by atoms with Crippen LogP contribution in [0.25, 0.3) is 0 Å². The van der Waals surface area contributed by atoms with Gasteiger partial charge in [-0.2, -0.15) is 0 Å². The van der Waals surface area contributed by atoms with E-state index in [9.17, 15) is 14.0 Å². The van der Waals surface area contributed by atoms with Crippen LogP contribution in [0.4, 0.5) is 15.9 Å². The smallest absolute Gasteiger partial charge is 0.339 e. The van der Waals surface area contributed by atoms with Gasteiger partial charge in [0, 0.05) is 29.1 Å². The monoisotopic (exact) mass is 423 g/mol. The van der Waals surface area contributed by atoms with Crippen molar-refractivity contribution in [3.8, 4) is 0 Å². The van der Waals surface area contributed by atoms with Gasteiger partial charge in [-0.05, 0) is 50.5 Å². The normalized spacial score (nSPS) is 15.5. The number of allylic oxidation sites excluding steroid dienone is 3. The highest BCUT2D eigenvalue weighted by Crippen LogP contribution is 2.37. The Morgan fingerprint density at radius 1 is 1.19 bits per heavy atom. The molecule has 160 valence electrons. The van der Waals surface area contributed by atoms with Crippen LogP contribution in [0.5, 0.6) is 0 Å². The molecule has 8 nitrogen and oxygen atoms in total. The minimum absolute atomic E-state index is 0.0290. The number of fused-ring (bicyclic) bond motifs is 2. The maximum Gasteiger partial charge on any atom is 0.339 e. The van der Waals surface area contributed by atoms with Crippen molar-refractivity contribution in [3.05, 3.63) is 70.1 Å². The third kappa shape index (κ3) is 3.74. The molecule has 1 amide bonds. The molecule has 2 bridgehead atoms. The molecule has 9 heteroatoms. The summed E-state index contributed by atoms with van der Waals surface area (Å²) in [4.78, 5) is 26.7. The number of nitrogens with zero attached hydrogens (tertiary/aromatic N) is 3. The molecule has 1 fully saturated rings. The molecule has 1 aromatic carbocycles. The molecule has 0 aliphatic carbocycles. The van der Waals surface area contributed by atoms with Crippen molar-refractivity contribution >= 4 is 23.4 Å². The number of rotatable bonds is 4. The fourth-order valence-electron chi connectivity index (χ4n) is 3.83. The molecule has 0 radical (unpaired) electrons. The number of halogens is 1. The highest BCUT2D eigenvalue weighted by Gasteiger charge is 2.28. The number of benzene rings is 1. The summed E-state index contributed by atoms with van der Waals surface area (Å²) in [6.07, 6.45) is 5.63. The van der Waals surface area contributed by atoms with E-state index in [4.69, 9.17) is 10.5 Å². The minimum Gasteiger partial charge on any atom is -0.465 e. The van der Waals surface area contributed by atoms with Gasteiger partial charge in [0.05, 0.1) is 18.4 Å². The third-order valence-electron chi connectivity index (χ3n) is 5.49. The third-order valence-corrected chi connectivity index (χ3v) is 5.49. The van der Waals surface area contributed by atoms with Gasteiger partial charge in [-0.15, -0.1) is 10.2 Å². The van der Waals surface area contributed by atoms with Crippen LogP contribution in [-0.4, -0.2) is 29.2 Å². The van der Waals surface area contributed by atoms with E-state index in [1.54, 1.807) is 6.07 Å². The van der Waals surface area contributed by atoms with Crippen molar-refractivity contribution in [1.29, 1.82) is 0 Å². The Morgan fingerprint density at radius 3 is 2.71 bits per heavy atom. The summed E-state index contributed by atoms with van der Waals surface area (Å²) >= 11 is 0. The van der Waals surface area contributed by atoms with Crippen LogP contribution in [0.3, 0.4) is 0 Å². The number of hydrogen-bond acceptors (Lipinski definition) is 7. The SMILES string of the molecule is COC(=O)c1ccc(F)c(C)c1NC(=O)c1ccc(N2C3=CCC(N)=C2CCC3)nn1. The Morgan fingerprint density at radius 2 is 2.00 bits per heavy atom. The first-order valence-corrected chi connectivity index (χ1v) is 9.90. The van der Waals surface area contributed by atoms with Crippen LogP contribution >= 0.6 is 0 Å². The molecular formula is C22H22FN5O3. The fourth-order valence-corrected chi connectivity index (χ4v) is 3.83. The number of hydrogen-bond donors (Lipinski definition) is 2. The summed E-state index contributed by atoms with van der Waals surface area (Å²) in [6, 6.07) is 5.64. The summed E-state index contributed by atoms with van der Waals surface area (Å²) in [6.45, 7) is 1.47. The van der Waals surface area contributed by atoms with Gasteiger partial charge < -0.3 is 15.8 Å². The first-order chi connectivity index (χ1) is 14.9. The Hall–Kier alpha value is -3.75. The number of esters is 1. The lowest BCUT2D eigenvalue weighted by Gasteiger charge is -2.36. The molecular weight excluding hydrogens is 401 g/mol. The predicted molar refractivity (Wildman–Crippen MR) is 113 cm³/mol. The van der Waals surface area contributed by atoms with E-state index in [2.05, 4.69) is 21.6 Å². The Bertz CT molecular complexity index is 1120. The van der Waals surface area contributed by atoms with Gasteiger partial charge in [-0.3, -0.25) is 9.69 Å². The second-order valence-electron chi connectivity index (χ2n) is 7.38. The van der Waals surface area contributed by atoms with E-state index in [1.165, 1.54) is 26.2 Å². The molecule has 0 spiro atoms. The number of ether oxygens (including phenoxy) is 1. The summed E-state index contributed by atoms with van der Waals surface area (Å²) in [7, 11) is 1.21. The highest BCUT2D eigenvalue weighted by atomic mass is 19.1. The first-order valence-electron chi connectivity index (χ1n) is 9.90. The van der Waals surface area contributed by atoms with Crippen molar-refractivity contribution < 1.29 is 18.7 Å². The number of amides is 1. The summed E-state index contributed by atoms with van der Waals surface area (Å²) in [5.41, 5.74) is 9.36. The predicted octanol–water partition coefficient (Wildman–Crippen LogP) is 3.41. The molecule has 0 saturated carbocycles. The van der Waals surface area contributed by atoms with Crippen molar-refractivity contribution in [3.63, 3.8) is 0 Å². The number of methoxy groups -OCH3 is 1. The van der Waals surface area contributed by atoms with Crippen LogP contribution in [-0.2, 0) is 4.74 Å². The second-order valence-corrected chi connectivity index (χ2v) is 7.38. The number of anilines is 2. The summed E-state index contributed by atoms with van der Waals surface area (Å²) in [5, 5.41) is 10.8. The van der Waals surface area contributed by atoms with Crippen LogP contribution in [0.1, 0.15) is 52.1 Å². The molecule has 3 N–H and O–H groups in total. The number of aromatic nitrogens is 2. The Balaban J connectivity index is 1.59. The zero-order valence-corrected chi connectivity index (χ0v) is 17.2. The molecule has 2 aliphatic rings. The topological polar surface area (TPSA) is 110 Å². The molecule has 2 aliphatic heterocycles. The molecule has 0 unspecified atom stereocenters. The van der Waals surface area contributed by atoms with Gasteiger partial charge in [0.2, 0.25) is 0 Å². The molecule has 3 heterocycles. The maximum atomic E-state index is 14.0. The van der Waals surface area contributed by atoms with Gasteiger partial charge in [0.1, 0.15) is 5.82 Å². The number of carbonyl (C=O) groups excluding carboxylic acids is 2. The molecule has 1 saturated heterocycles. The molecule has 2 aromatic rings. The summed E-state index contributed by atoms with van der Waals surface area (Å²) in [5.74, 6) is -1.28. The van der Waals surface area contributed by atoms with Gasteiger partial charge in [-0.25, -0.2) is 9.18 Å². The van der Waals surface area contributed by atoms with Crippen LogP contribution in [0, 0.1) is 12.7 Å². The second kappa shape index (κ2) is 8.17. The quantitative estimate of drug-likeness (QED) is 0.725. The maximum absolute atomic E-state index is 14.0. The average molecular weight is 423 g/mol. The zero-order valence-electron chi connectivity index (χ0n) is 17.2. The van der Waals surface area contributed by atoms with Crippen molar-refractivity contribution in [2.45, 2.75) is 32.6 Å². The number of nitrogens with two attached hydrogens (primary N) is 1. The molecule has 0 atom stereocenters. The van der Waals surface area contributed by atoms with E-state index in [0.29, 0.717) is 5.82 Å². The molecule has 4 rings (SSSR count). The lowest BCUT2D eigenvalue weighted by atomic mass is 9.96. The number of carbonyl (C=O) groups is 2. The van der Waals surface area contributed by atoms with E-state index in [0.717, 1.165) is 48.8 Å². The molecule has 31 heavy (non-hydrogen) atoms. The van der Waals surface area contributed by atoms with Gasteiger partial charge in [-0.1, -0.05) is 6.08 Å². The zero-order chi connectivity index (χ0) is 22.1. The van der Waals surface area contributed by atoms with E-state index in [-0.39, 0.29) is 22.5 Å². The Kier molecular flexibility index (Phi) is 5.41. The Labute approximate surface area is 178 Å². The van der Waals surface area contributed by atoms with E-state index in [1.807, 2.05) is 4.90 Å². The van der Waals surface area contributed by atoms with Crippen LogP contribution < -0.4 is 16.0 Å². The van der Waals surface area contributed by atoms with Crippen molar-refractivity contribution in [2.75, 3.05) is 17.3 Å². The number of nitrogens with one attached hydrogen (secondary N) is 1. The van der Waals surface area contributed by atoms with Crippen LogP contribution in [0.15, 0.2) is 47.4 Å². The lowest BCUT2D eigenvalue weighted by molar-refractivity contribution is 0.0602. The minimum atomic E-state index is -0.685. The van der Waals surface area contributed by atoms with E-state index < -0.39 is 17.7 Å². The van der Waals surface area contributed by atoms with Crippen molar-refractivity contribution in [2.24, 2.45) is 5.73 Å². The lowest BCUT2D eigenvalue weighted by Crippen LogP contribution is -2.32. The molecule has 1 aromatic heterocycles. The highest BCUT2D eigenvalue weighted by molar-refractivity contribution is 6.07. The largest absolute Gasteiger partial charge is 0.465 e. The van der Waals surface area contributed by atoms with Gasteiger partial charge in [0.25, 0.3) is 5.91 Å². The number of piperidine rings is 1. The van der Waals surface area contributed by atoms with Gasteiger partial charge >= 0.3 is 5.97 Å². The fraction of sp³-hybridized carbons (Fsp3) is 0.273. The summed E-state index contributed by atoms with van der Waals surface area (Å²) < 4.78 is 18.7. The first kappa shape index (κ1) is 20.5. The van der Waals surface area contributed by atoms with Crippen LogP contribution in [0.2, 0.25) is 0 Å². The average Bonchev–Trinajstić information content (AvgIpc) is 2.79. The standard InChI is InChI=1S/C22H22FN5O3/c1-12-15(23)8-7-14(22(30)31-2)20(12)25-21(29)17-10-11-19(27-26-17)28-13-4-3-5-18(28)16(24)9-6-13/h6-8,10-11H,3-5,9,24H2,1-2H3,(H,25,29). The van der Waals surface area contributed by atoms with E-state index >= 15 is 0 Å². The van der Waals surface area contributed by atoms with Gasteiger partial charge in [0.15, 0.2) is 11.5 Å². The van der Waals surface area contributed by atoms with Crippen molar-refractivity contribution in [1.82, 2.24) is 10.2 Å².